The van der Waals surface area contributed by atoms with Crippen LogP contribution in [0.2, 0.25) is 0 Å². The summed E-state index contributed by atoms with van der Waals surface area (Å²) in [6.45, 7) is 6.22. The van der Waals surface area contributed by atoms with Crippen LogP contribution in [-0.4, -0.2) is 82.8 Å². The van der Waals surface area contributed by atoms with Gasteiger partial charge in [0, 0.05) is 45.2 Å². The number of pyridine rings is 1. The minimum atomic E-state index is -5.08. The topological polar surface area (TPSA) is 109 Å². The van der Waals surface area contributed by atoms with Gasteiger partial charge in [0.1, 0.15) is 0 Å². The lowest BCUT2D eigenvalue weighted by Gasteiger charge is -2.43. The van der Waals surface area contributed by atoms with Gasteiger partial charge in [-0.05, 0) is 62.0 Å². The van der Waals surface area contributed by atoms with Crippen LogP contribution >= 0.6 is 0 Å². The third-order valence-corrected chi connectivity index (χ3v) is 7.38. The molecule has 40 heavy (non-hydrogen) atoms. The van der Waals surface area contributed by atoms with Crippen LogP contribution in [-0.2, 0) is 25.7 Å². The second kappa shape index (κ2) is 15.5. The molecule has 2 aliphatic heterocycles. The SMILES string of the molecule is O=C(O)C(F)(F)F.O=C(O)C(F)(F)F.c1cncc(COCCC2CCOC23CCN(CC2CCCC2)CC3)c1. The van der Waals surface area contributed by atoms with Gasteiger partial charge in [-0.1, -0.05) is 18.9 Å². The van der Waals surface area contributed by atoms with Gasteiger partial charge in [0.2, 0.25) is 0 Å². The Hall–Kier alpha value is -2.45. The first-order chi connectivity index (χ1) is 18.7. The van der Waals surface area contributed by atoms with Crippen molar-refractivity contribution in [2.24, 2.45) is 11.8 Å². The van der Waals surface area contributed by atoms with E-state index in [4.69, 9.17) is 29.3 Å². The van der Waals surface area contributed by atoms with Gasteiger partial charge in [-0.25, -0.2) is 9.59 Å². The van der Waals surface area contributed by atoms with E-state index in [0.717, 1.165) is 31.1 Å². The van der Waals surface area contributed by atoms with Crippen molar-refractivity contribution in [2.75, 3.05) is 32.8 Å². The Bertz CT molecular complexity index is 877. The number of hydrogen-bond acceptors (Lipinski definition) is 6. The van der Waals surface area contributed by atoms with Gasteiger partial charge in [-0.2, -0.15) is 26.3 Å². The second-order valence-corrected chi connectivity index (χ2v) is 10.2. The summed E-state index contributed by atoms with van der Waals surface area (Å²) in [6, 6.07) is 4.05. The van der Waals surface area contributed by atoms with E-state index in [2.05, 4.69) is 16.0 Å². The number of aromatic nitrogens is 1. The lowest BCUT2D eigenvalue weighted by Crippen LogP contribution is -2.48. The van der Waals surface area contributed by atoms with Gasteiger partial charge < -0.3 is 24.6 Å². The second-order valence-electron chi connectivity index (χ2n) is 10.2. The first-order valence-electron chi connectivity index (χ1n) is 13.2. The molecule has 2 N–H and O–H groups in total. The zero-order valence-electron chi connectivity index (χ0n) is 22.1. The molecule has 2 saturated heterocycles. The van der Waals surface area contributed by atoms with Crippen molar-refractivity contribution in [3.63, 3.8) is 0 Å². The molecule has 0 amide bonds. The molecule has 0 radical (unpaired) electrons. The van der Waals surface area contributed by atoms with Crippen LogP contribution in [0.25, 0.3) is 0 Å². The van der Waals surface area contributed by atoms with E-state index in [-0.39, 0.29) is 5.60 Å². The van der Waals surface area contributed by atoms with Crippen molar-refractivity contribution in [2.45, 2.75) is 75.9 Å². The van der Waals surface area contributed by atoms with Gasteiger partial charge in [-0.3, -0.25) is 4.98 Å². The smallest absolute Gasteiger partial charge is 0.475 e. The fraction of sp³-hybridized carbons (Fsp3) is 0.731. The Kier molecular flexibility index (Phi) is 13.1. The Labute approximate surface area is 228 Å². The zero-order valence-corrected chi connectivity index (χ0v) is 22.1. The predicted molar refractivity (Wildman–Crippen MR) is 130 cm³/mol. The van der Waals surface area contributed by atoms with Crippen LogP contribution in [0.15, 0.2) is 24.5 Å². The number of carbonyl (C=O) groups is 2. The maximum atomic E-state index is 10.6. The molecule has 1 aliphatic carbocycles. The third-order valence-electron chi connectivity index (χ3n) is 7.38. The number of hydrogen-bond donors (Lipinski definition) is 2. The maximum absolute atomic E-state index is 10.6. The summed E-state index contributed by atoms with van der Waals surface area (Å²) >= 11 is 0. The lowest BCUT2D eigenvalue weighted by atomic mass is 9.78. The molecule has 3 heterocycles. The first-order valence-corrected chi connectivity index (χ1v) is 13.2. The largest absolute Gasteiger partial charge is 0.490 e. The molecule has 1 saturated carbocycles. The van der Waals surface area contributed by atoms with Crippen molar-refractivity contribution in [1.82, 2.24) is 9.88 Å². The maximum Gasteiger partial charge on any atom is 0.490 e. The summed E-state index contributed by atoms with van der Waals surface area (Å²) in [5, 5.41) is 14.2. The number of halogens is 6. The number of alkyl halides is 6. The van der Waals surface area contributed by atoms with E-state index >= 15 is 0 Å². The third kappa shape index (κ3) is 11.6. The minimum Gasteiger partial charge on any atom is -0.475 e. The molecule has 0 bridgehead atoms. The molecule has 3 fully saturated rings. The van der Waals surface area contributed by atoms with Crippen LogP contribution in [0.3, 0.4) is 0 Å². The van der Waals surface area contributed by atoms with E-state index in [9.17, 15) is 26.3 Å². The summed E-state index contributed by atoms with van der Waals surface area (Å²) in [7, 11) is 0. The predicted octanol–water partition coefficient (Wildman–Crippen LogP) is 5.32. The Morgan fingerprint density at radius 2 is 1.60 bits per heavy atom. The number of likely N-dealkylation sites (tertiary alicyclic amines) is 1. The monoisotopic (exact) mass is 586 g/mol. The van der Waals surface area contributed by atoms with Gasteiger partial charge in [0.05, 0.1) is 12.2 Å². The van der Waals surface area contributed by atoms with Crippen molar-refractivity contribution < 1.29 is 55.6 Å². The molecule has 8 nitrogen and oxygen atoms in total. The summed E-state index contributed by atoms with van der Waals surface area (Å²) in [5.74, 6) is -3.88. The van der Waals surface area contributed by atoms with Crippen molar-refractivity contribution >= 4 is 11.9 Å². The minimum absolute atomic E-state index is 0.143. The van der Waals surface area contributed by atoms with Crippen LogP contribution in [0.1, 0.15) is 56.9 Å². The quantitative estimate of drug-likeness (QED) is 0.327. The van der Waals surface area contributed by atoms with E-state index < -0.39 is 24.3 Å². The number of carboxylic acid groups (broad SMARTS) is 2. The molecule has 228 valence electrons. The number of rotatable bonds is 7. The van der Waals surface area contributed by atoms with Gasteiger partial charge in [0.25, 0.3) is 0 Å². The highest BCUT2D eigenvalue weighted by molar-refractivity contribution is 5.73. The zero-order chi connectivity index (χ0) is 29.8. The highest BCUT2D eigenvalue weighted by atomic mass is 19.4. The van der Waals surface area contributed by atoms with E-state index in [1.54, 1.807) is 0 Å². The molecule has 1 unspecified atom stereocenters. The fourth-order valence-electron chi connectivity index (χ4n) is 5.32. The number of nitrogens with zero attached hydrogens (tertiary/aromatic N) is 2. The molecule has 4 rings (SSSR count). The Morgan fingerprint density at radius 3 is 2.10 bits per heavy atom. The van der Waals surface area contributed by atoms with Crippen LogP contribution in [0, 0.1) is 11.8 Å². The number of carboxylic acids is 2. The van der Waals surface area contributed by atoms with Crippen LogP contribution in [0.5, 0.6) is 0 Å². The molecule has 0 aromatic carbocycles. The standard InChI is InChI=1S/C22H34N2O2.2C2HF3O2/c1-2-5-19(4-1)17-24-12-9-22(10-13-24)21(8-15-26-22)7-14-25-18-20-6-3-11-23-16-20;2*3-2(4,5)1(6)7/h3,6,11,16,19,21H,1-2,4-5,7-10,12-15,17-18H2;2*(H,6,7). The number of piperidine rings is 1. The van der Waals surface area contributed by atoms with Gasteiger partial charge >= 0.3 is 24.3 Å². The summed E-state index contributed by atoms with van der Waals surface area (Å²) in [4.78, 5) is 24.6. The molecule has 1 aromatic rings. The summed E-state index contributed by atoms with van der Waals surface area (Å²) < 4.78 is 75.7. The van der Waals surface area contributed by atoms with Gasteiger partial charge in [0.15, 0.2) is 0 Å². The van der Waals surface area contributed by atoms with Crippen LogP contribution < -0.4 is 0 Å². The average molecular weight is 587 g/mol. The normalized spacial score (nSPS) is 21.3. The summed E-state index contributed by atoms with van der Waals surface area (Å²) in [5.41, 5.74) is 1.30. The van der Waals surface area contributed by atoms with Crippen molar-refractivity contribution in [1.29, 1.82) is 0 Å². The molecule has 1 spiro atoms. The molecular weight excluding hydrogens is 550 g/mol. The Morgan fingerprint density at radius 1 is 1.02 bits per heavy atom. The first kappa shape index (κ1) is 33.8. The molecule has 1 aromatic heterocycles. The van der Waals surface area contributed by atoms with Crippen LogP contribution in [0.4, 0.5) is 26.3 Å². The average Bonchev–Trinajstić information content (AvgIpc) is 3.54. The highest BCUT2D eigenvalue weighted by Crippen LogP contribution is 2.42. The highest BCUT2D eigenvalue weighted by Gasteiger charge is 2.46. The Balaban J connectivity index is 0.000000333. The van der Waals surface area contributed by atoms with Crippen molar-refractivity contribution in [3.05, 3.63) is 30.1 Å². The van der Waals surface area contributed by atoms with Gasteiger partial charge in [-0.15, -0.1) is 0 Å². The fourth-order valence-corrected chi connectivity index (χ4v) is 5.32. The molecule has 3 aliphatic rings. The molecule has 14 heteroatoms. The van der Waals surface area contributed by atoms with E-state index in [1.807, 2.05) is 18.5 Å². The van der Waals surface area contributed by atoms with E-state index in [1.165, 1.54) is 64.6 Å². The molecule has 1 atom stereocenters. The lowest BCUT2D eigenvalue weighted by molar-refractivity contribution is -0.193. The molecular formula is C26H36F6N2O6. The van der Waals surface area contributed by atoms with E-state index in [0.29, 0.717) is 12.5 Å². The van der Waals surface area contributed by atoms with Crippen molar-refractivity contribution in [3.8, 4) is 0 Å². The summed E-state index contributed by atoms with van der Waals surface area (Å²) in [6.07, 6.45) is 4.10. The number of aliphatic carboxylic acids is 2. The number of ether oxygens (including phenoxy) is 2.